The van der Waals surface area contributed by atoms with Crippen molar-refractivity contribution in [1.29, 1.82) is 0 Å². The van der Waals surface area contributed by atoms with Crippen molar-refractivity contribution in [1.82, 2.24) is 4.72 Å². The molecular weight excluding hydrogens is 294 g/mol. The van der Waals surface area contributed by atoms with Crippen molar-refractivity contribution in [3.8, 4) is 0 Å². The Morgan fingerprint density at radius 3 is 2.75 bits per heavy atom. The lowest BCUT2D eigenvalue weighted by atomic mass is 10.2. The summed E-state index contributed by atoms with van der Waals surface area (Å²) < 4.78 is 26.0. The molecule has 1 aromatic carbocycles. The van der Waals surface area contributed by atoms with Crippen molar-refractivity contribution in [3.63, 3.8) is 0 Å². The van der Waals surface area contributed by atoms with Crippen LogP contribution in [0, 0.1) is 0 Å². The molecule has 0 aliphatic carbocycles. The number of rotatable bonds is 6. The number of alkyl halides is 1. The molecule has 0 fully saturated rings. The van der Waals surface area contributed by atoms with Gasteiger partial charge in [0, 0.05) is 18.5 Å². The van der Waals surface area contributed by atoms with E-state index in [1.54, 1.807) is 18.2 Å². The predicted molar refractivity (Wildman–Crippen MR) is 66.0 cm³/mol. The smallest absolute Gasteiger partial charge is 0.240 e. The lowest BCUT2D eigenvalue weighted by Gasteiger charge is -2.06. The number of hydrogen-bond donors (Lipinski definition) is 2. The topological polar surface area (TPSA) is 66.4 Å². The number of benzene rings is 1. The van der Waals surface area contributed by atoms with Crippen molar-refractivity contribution >= 4 is 26.0 Å². The molecule has 0 aromatic heterocycles. The highest BCUT2D eigenvalue weighted by Gasteiger charge is 2.12. The zero-order chi connectivity index (χ0) is 12.0. The van der Waals surface area contributed by atoms with E-state index in [-0.39, 0.29) is 18.0 Å². The number of hydrogen-bond acceptors (Lipinski definition) is 3. The molecule has 0 amide bonds. The second kappa shape index (κ2) is 6.34. The monoisotopic (exact) mass is 307 g/mol. The highest BCUT2D eigenvalue weighted by molar-refractivity contribution is 9.08. The van der Waals surface area contributed by atoms with Crippen LogP contribution in [0.1, 0.15) is 12.0 Å². The Bertz CT molecular complexity index is 433. The van der Waals surface area contributed by atoms with Gasteiger partial charge < -0.3 is 5.11 Å². The van der Waals surface area contributed by atoms with Crippen molar-refractivity contribution in [3.05, 3.63) is 29.8 Å². The fourth-order valence-electron chi connectivity index (χ4n) is 1.16. The summed E-state index contributed by atoms with van der Waals surface area (Å²) in [7, 11) is -3.45. The summed E-state index contributed by atoms with van der Waals surface area (Å²) in [5.74, 6) is 0. The summed E-state index contributed by atoms with van der Waals surface area (Å²) in [6, 6.07) is 6.72. The minimum atomic E-state index is -3.45. The third kappa shape index (κ3) is 3.86. The van der Waals surface area contributed by atoms with Crippen LogP contribution in [0.25, 0.3) is 0 Å². The molecule has 0 atom stereocenters. The maximum absolute atomic E-state index is 11.8. The Hall–Kier alpha value is -0.430. The first-order chi connectivity index (χ1) is 7.60. The van der Waals surface area contributed by atoms with Crippen LogP contribution in [0.5, 0.6) is 0 Å². The molecule has 0 bridgehead atoms. The third-order valence-corrected chi connectivity index (χ3v) is 4.10. The summed E-state index contributed by atoms with van der Waals surface area (Å²) in [4.78, 5) is 0.252. The van der Waals surface area contributed by atoms with Crippen LogP contribution in [0.2, 0.25) is 0 Å². The molecule has 6 heteroatoms. The number of halogens is 1. The molecule has 0 unspecified atom stereocenters. The number of sulfonamides is 1. The van der Waals surface area contributed by atoms with Crippen LogP contribution in [0.3, 0.4) is 0 Å². The summed E-state index contributed by atoms with van der Waals surface area (Å²) in [6.07, 6.45) is 0.414. The molecule has 4 nitrogen and oxygen atoms in total. The van der Waals surface area contributed by atoms with Crippen LogP contribution >= 0.6 is 15.9 Å². The van der Waals surface area contributed by atoms with E-state index < -0.39 is 10.0 Å². The lowest BCUT2D eigenvalue weighted by molar-refractivity contribution is 0.289. The average molecular weight is 308 g/mol. The predicted octanol–water partition coefficient (Wildman–Crippen LogP) is 1.24. The average Bonchev–Trinajstić information content (AvgIpc) is 2.29. The second-order valence-corrected chi connectivity index (χ2v) is 5.58. The second-order valence-electron chi connectivity index (χ2n) is 3.26. The van der Waals surface area contributed by atoms with E-state index in [1.165, 1.54) is 0 Å². The van der Waals surface area contributed by atoms with Gasteiger partial charge in [0.05, 0.1) is 4.90 Å². The van der Waals surface area contributed by atoms with Gasteiger partial charge >= 0.3 is 0 Å². The molecule has 2 N–H and O–H groups in total. The SMILES string of the molecule is O=S(=O)(NCCCO)c1cccc(CBr)c1. The van der Waals surface area contributed by atoms with Gasteiger partial charge in [-0.3, -0.25) is 0 Å². The summed E-state index contributed by atoms with van der Waals surface area (Å²) >= 11 is 3.27. The Morgan fingerprint density at radius 2 is 2.12 bits per heavy atom. The molecule has 1 aromatic rings. The molecule has 1 rings (SSSR count). The standard InChI is InChI=1S/C10H14BrNO3S/c11-8-9-3-1-4-10(7-9)16(14,15)12-5-2-6-13/h1,3-4,7,12-13H,2,5-6,8H2. The molecule has 90 valence electrons. The van der Waals surface area contributed by atoms with Gasteiger partial charge in [-0.2, -0.15) is 0 Å². The lowest BCUT2D eigenvalue weighted by Crippen LogP contribution is -2.25. The first kappa shape index (κ1) is 13.6. The van der Waals surface area contributed by atoms with Crippen molar-refractivity contribution in [2.24, 2.45) is 0 Å². The highest BCUT2D eigenvalue weighted by atomic mass is 79.9. The molecule has 0 saturated carbocycles. The number of nitrogens with one attached hydrogen (secondary N) is 1. The normalized spacial score (nSPS) is 11.6. The summed E-state index contributed by atoms with van der Waals surface area (Å²) in [5.41, 5.74) is 0.907. The zero-order valence-corrected chi connectivity index (χ0v) is 11.1. The zero-order valence-electron chi connectivity index (χ0n) is 8.69. The number of aliphatic hydroxyl groups is 1. The maximum atomic E-state index is 11.8. The fraction of sp³-hybridized carbons (Fsp3) is 0.400. The largest absolute Gasteiger partial charge is 0.396 e. The van der Waals surface area contributed by atoms with E-state index in [9.17, 15) is 8.42 Å². The van der Waals surface area contributed by atoms with Gasteiger partial charge in [0.25, 0.3) is 0 Å². The molecular formula is C10H14BrNO3S. The van der Waals surface area contributed by atoms with Crippen LogP contribution < -0.4 is 4.72 Å². The minimum Gasteiger partial charge on any atom is -0.396 e. The molecule has 0 saturated heterocycles. The van der Waals surface area contributed by atoms with Crippen LogP contribution in [-0.4, -0.2) is 26.7 Å². The Balaban J connectivity index is 2.81. The first-order valence-electron chi connectivity index (χ1n) is 4.85. The van der Waals surface area contributed by atoms with Crippen LogP contribution in [-0.2, 0) is 15.4 Å². The van der Waals surface area contributed by atoms with Gasteiger partial charge in [-0.05, 0) is 24.1 Å². The van der Waals surface area contributed by atoms with E-state index in [0.29, 0.717) is 11.8 Å². The Kier molecular flexibility index (Phi) is 5.40. The molecule has 0 heterocycles. The van der Waals surface area contributed by atoms with Crippen molar-refractivity contribution < 1.29 is 13.5 Å². The molecule has 16 heavy (non-hydrogen) atoms. The van der Waals surface area contributed by atoms with Gasteiger partial charge in [-0.1, -0.05) is 28.1 Å². The van der Waals surface area contributed by atoms with E-state index in [4.69, 9.17) is 5.11 Å². The quantitative estimate of drug-likeness (QED) is 0.614. The fourth-order valence-corrected chi connectivity index (χ4v) is 2.66. The summed E-state index contributed by atoms with van der Waals surface area (Å²) in [6.45, 7) is 0.224. The first-order valence-corrected chi connectivity index (χ1v) is 7.46. The van der Waals surface area contributed by atoms with E-state index >= 15 is 0 Å². The van der Waals surface area contributed by atoms with Crippen molar-refractivity contribution in [2.75, 3.05) is 13.2 Å². The maximum Gasteiger partial charge on any atom is 0.240 e. The number of aliphatic hydroxyl groups excluding tert-OH is 1. The minimum absolute atomic E-state index is 0.0238. The molecule has 0 spiro atoms. The van der Waals surface area contributed by atoms with Crippen LogP contribution in [0.15, 0.2) is 29.2 Å². The third-order valence-electron chi connectivity index (χ3n) is 1.99. The summed E-state index contributed by atoms with van der Waals surface area (Å²) in [5, 5.41) is 9.19. The molecule has 0 radical (unpaired) electrons. The van der Waals surface area contributed by atoms with Crippen molar-refractivity contribution in [2.45, 2.75) is 16.6 Å². The van der Waals surface area contributed by atoms with Gasteiger partial charge in [-0.25, -0.2) is 13.1 Å². The molecule has 0 aliphatic heterocycles. The van der Waals surface area contributed by atoms with Gasteiger partial charge in [-0.15, -0.1) is 0 Å². The van der Waals surface area contributed by atoms with Crippen LogP contribution in [0.4, 0.5) is 0 Å². The Labute approximate surface area is 104 Å². The van der Waals surface area contributed by atoms with E-state index in [0.717, 1.165) is 5.56 Å². The van der Waals surface area contributed by atoms with Gasteiger partial charge in [0.2, 0.25) is 10.0 Å². The van der Waals surface area contributed by atoms with Gasteiger partial charge in [0.1, 0.15) is 0 Å². The van der Waals surface area contributed by atoms with E-state index in [1.807, 2.05) is 6.07 Å². The highest BCUT2D eigenvalue weighted by Crippen LogP contribution is 2.13. The van der Waals surface area contributed by atoms with Gasteiger partial charge in [0.15, 0.2) is 0 Å². The van der Waals surface area contributed by atoms with E-state index in [2.05, 4.69) is 20.7 Å². The Morgan fingerprint density at radius 1 is 1.38 bits per heavy atom. The molecule has 0 aliphatic rings.